The van der Waals surface area contributed by atoms with E-state index < -0.39 is 5.91 Å². The Labute approximate surface area is 113 Å². The van der Waals surface area contributed by atoms with Gasteiger partial charge in [0.05, 0.1) is 5.69 Å². The Morgan fingerprint density at radius 1 is 1.44 bits per heavy atom. The lowest BCUT2D eigenvalue weighted by Crippen LogP contribution is -2.13. The first kappa shape index (κ1) is 12.8. The lowest BCUT2D eigenvalue weighted by Gasteiger charge is -2.13. The summed E-state index contributed by atoms with van der Waals surface area (Å²) in [6.07, 6.45) is 1.69. The zero-order valence-corrected chi connectivity index (χ0v) is 11.4. The Balaban J connectivity index is 2.54. The highest BCUT2D eigenvalue weighted by atomic mass is 79.9. The topological polar surface area (TPSA) is 86.9 Å². The summed E-state index contributed by atoms with van der Waals surface area (Å²) >= 11 is 3.40. The summed E-state index contributed by atoms with van der Waals surface area (Å²) in [5.41, 5.74) is 13.1. The smallest absolute Gasteiger partial charge is 0.269 e. The molecule has 0 aliphatic heterocycles. The van der Waals surface area contributed by atoms with Crippen molar-refractivity contribution in [2.45, 2.75) is 13.0 Å². The van der Waals surface area contributed by atoms with Crippen LogP contribution in [0.5, 0.6) is 0 Å². The Bertz CT molecular complexity index is 592. The van der Waals surface area contributed by atoms with Gasteiger partial charge in [-0.15, -0.1) is 0 Å². The molecule has 1 unspecified atom stereocenters. The second-order valence-electron chi connectivity index (χ2n) is 4.00. The predicted octanol–water partition coefficient (Wildman–Crippen LogP) is 1.75. The maximum Gasteiger partial charge on any atom is 0.269 e. The third-order valence-electron chi connectivity index (χ3n) is 2.57. The molecule has 6 heteroatoms. The summed E-state index contributed by atoms with van der Waals surface area (Å²) in [6, 6.07) is 7.19. The third kappa shape index (κ3) is 2.44. The number of rotatable bonds is 3. The lowest BCUT2D eigenvalue weighted by atomic mass is 10.1. The average Bonchev–Trinajstić information content (AvgIpc) is 2.77. The normalized spacial score (nSPS) is 12.4. The number of carbonyl (C=O) groups is 1. The van der Waals surface area contributed by atoms with Crippen molar-refractivity contribution in [1.82, 2.24) is 9.78 Å². The molecule has 1 aromatic carbocycles. The molecule has 0 saturated carbocycles. The largest absolute Gasteiger partial charge is 0.364 e. The van der Waals surface area contributed by atoms with Crippen molar-refractivity contribution in [1.29, 1.82) is 0 Å². The van der Waals surface area contributed by atoms with Crippen LogP contribution in [-0.2, 0) is 0 Å². The molecule has 0 fully saturated rings. The molecule has 18 heavy (non-hydrogen) atoms. The second kappa shape index (κ2) is 4.91. The fraction of sp³-hybridized carbons (Fsp3) is 0.167. The van der Waals surface area contributed by atoms with Crippen LogP contribution in [0.3, 0.4) is 0 Å². The minimum atomic E-state index is -0.550. The number of aromatic nitrogens is 2. The van der Waals surface area contributed by atoms with E-state index in [1.165, 1.54) is 0 Å². The van der Waals surface area contributed by atoms with Crippen LogP contribution in [-0.4, -0.2) is 15.7 Å². The van der Waals surface area contributed by atoms with Gasteiger partial charge >= 0.3 is 0 Å². The van der Waals surface area contributed by atoms with Crippen LogP contribution in [0.25, 0.3) is 5.69 Å². The number of hydrogen-bond acceptors (Lipinski definition) is 3. The number of halogens is 1. The minimum Gasteiger partial charge on any atom is -0.364 e. The van der Waals surface area contributed by atoms with Crippen LogP contribution in [0.4, 0.5) is 0 Å². The first-order chi connectivity index (χ1) is 8.49. The van der Waals surface area contributed by atoms with E-state index in [2.05, 4.69) is 21.0 Å². The van der Waals surface area contributed by atoms with Gasteiger partial charge in [0.15, 0.2) is 0 Å². The number of nitrogens with two attached hydrogens (primary N) is 2. The summed E-state index contributed by atoms with van der Waals surface area (Å²) in [7, 11) is 0. The van der Waals surface area contributed by atoms with E-state index in [0.717, 1.165) is 15.7 Å². The molecule has 1 amide bonds. The quantitative estimate of drug-likeness (QED) is 0.905. The van der Waals surface area contributed by atoms with Gasteiger partial charge in [0.2, 0.25) is 0 Å². The Morgan fingerprint density at radius 2 is 2.17 bits per heavy atom. The summed E-state index contributed by atoms with van der Waals surface area (Å²) in [6.45, 7) is 1.89. The van der Waals surface area contributed by atoms with Crippen molar-refractivity contribution in [3.8, 4) is 5.69 Å². The molecular weight excluding hydrogens is 296 g/mol. The van der Waals surface area contributed by atoms with Gasteiger partial charge in [-0.1, -0.05) is 22.0 Å². The molecule has 0 radical (unpaired) electrons. The third-order valence-corrected chi connectivity index (χ3v) is 3.06. The fourth-order valence-electron chi connectivity index (χ4n) is 1.69. The highest BCUT2D eigenvalue weighted by molar-refractivity contribution is 9.10. The highest BCUT2D eigenvalue weighted by Crippen LogP contribution is 2.24. The molecule has 1 atom stereocenters. The van der Waals surface area contributed by atoms with Crippen LogP contribution in [0.2, 0.25) is 0 Å². The van der Waals surface area contributed by atoms with Gasteiger partial charge in [-0.3, -0.25) is 4.79 Å². The van der Waals surface area contributed by atoms with E-state index in [1.807, 2.05) is 25.1 Å². The SMILES string of the molecule is CC(N)c1ccc(Br)cc1-n1ccc(C(N)=O)n1. The molecule has 4 N–H and O–H groups in total. The zero-order valence-electron chi connectivity index (χ0n) is 9.80. The number of amides is 1. The van der Waals surface area contributed by atoms with Crippen LogP contribution >= 0.6 is 15.9 Å². The Kier molecular flexibility index (Phi) is 3.49. The molecule has 5 nitrogen and oxygen atoms in total. The van der Waals surface area contributed by atoms with Crippen LogP contribution in [0.1, 0.15) is 29.0 Å². The number of hydrogen-bond donors (Lipinski definition) is 2. The molecule has 2 aromatic rings. The van der Waals surface area contributed by atoms with E-state index in [0.29, 0.717) is 0 Å². The van der Waals surface area contributed by atoms with Crippen molar-refractivity contribution in [3.05, 3.63) is 46.2 Å². The van der Waals surface area contributed by atoms with Crippen molar-refractivity contribution in [3.63, 3.8) is 0 Å². The number of nitrogens with zero attached hydrogens (tertiary/aromatic N) is 2. The molecule has 1 heterocycles. The van der Waals surface area contributed by atoms with Gasteiger partial charge in [0.1, 0.15) is 5.69 Å². The average molecular weight is 309 g/mol. The summed E-state index contributed by atoms with van der Waals surface area (Å²) < 4.78 is 2.52. The maximum absolute atomic E-state index is 11.0. The van der Waals surface area contributed by atoms with E-state index in [9.17, 15) is 4.79 Å². The van der Waals surface area contributed by atoms with Crippen molar-refractivity contribution in [2.24, 2.45) is 11.5 Å². The molecule has 0 bridgehead atoms. The zero-order chi connectivity index (χ0) is 13.3. The number of primary amides is 1. The van der Waals surface area contributed by atoms with E-state index >= 15 is 0 Å². The van der Waals surface area contributed by atoms with Gasteiger partial charge in [-0.25, -0.2) is 4.68 Å². The second-order valence-corrected chi connectivity index (χ2v) is 4.92. The molecule has 2 rings (SSSR count). The molecule has 0 aliphatic rings. The van der Waals surface area contributed by atoms with E-state index in [1.54, 1.807) is 16.9 Å². The monoisotopic (exact) mass is 308 g/mol. The first-order valence-corrected chi connectivity index (χ1v) is 6.19. The number of benzene rings is 1. The molecule has 0 aliphatic carbocycles. The van der Waals surface area contributed by atoms with Crippen molar-refractivity contribution >= 4 is 21.8 Å². The minimum absolute atomic E-state index is 0.130. The van der Waals surface area contributed by atoms with E-state index in [-0.39, 0.29) is 11.7 Å². The van der Waals surface area contributed by atoms with Crippen LogP contribution in [0, 0.1) is 0 Å². The van der Waals surface area contributed by atoms with Crippen LogP contribution < -0.4 is 11.5 Å². The molecule has 1 aromatic heterocycles. The van der Waals surface area contributed by atoms with Crippen LogP contribution in [0.15, 0.2) is 34.9 Å². The summed E-state index contributed by atoms with van der Waals surface area (Å²) in [5.74, 6) is -0.550. The maximum atomic E-state index is 11.0. The molecule has 0 spiro atoms. The fourth-order valence-corrected chi connectivity index (χ4v) is 2.04. The first-order valence-electron chi connectivity index (χ1n) is 5.40. The van der Waals surface area contributed by atoms with Gasteiger partial charge in [-0.05, 0) is 30.7 Å². The molecule has 94 valence electrons. The molecule has 0 saturated heterocycles. The van der Waals surface area contributed by atoms with E-state index in [4.69, 9.17) is 11.5 Å². The Hall–Kier alpha value is -1.66. The van der Waals surface area contributed by atoms with Crippen molar-refractivity contribution < 1.29 is 4.79 Å². The standard InChI is InChI=1S/C12H13BrN4O/c1-7(14)9-3-2-8(13)6-11(9)17-5-4-10(16-17)12(15)18/h2-7H,14H2,1H3,(H2,15,18). The predicted molar refractivity (Wildman–Crippen MR) is 72.4 cm³/mol. The lowest BCUT2D eigenvalue weighted by molar-refractivity contribution is 0.0995. The van der Waals surface area contributed by atoms with Crippen molar-refractivity contribution in [2.75, 3.05) is 0 Å². The number of carbonyl (C=O) groups excluding carboxylic acids is 1. The molecular formula is C12H13BrN4O. The highest BCUT2D eigenvalue weighted by Gasteiger charge is 2.12. The summed E-state index contributed by atoms with van der Waals surface area (Å²) in [5, 5.41) is 4.13. The summed E-state index contributed by atoms with van der Waals surface area (Å²) in [4.78, 5) is 11.0. The van der Waals surface area contributed by atoms with Gasteiger partial charge in [-0.2, -0.15) is 5.10 Å². The van der Waals surface area contributed by atoms with Gasteiger partial charge < -0.3 is 11.5 Å². The van der Waals surface area contributed by atoms with Gasteiger partial charge in [0.25, 0.3) is 5.91 Å². The Morgan fingerprint density at radius 3 is 2.72 bits per heavy atom. The van der Waals surface area contributed by atoms with Gasteiger partial charge in [0, 0.05) is 16.7 Å².